The summed E-state index contributed by atoms with van der Waals surface area (Å²) >= 11 is 0. The molecule has 0 rings (SSSR count). The van der Waals surface area contributed by atoms with E-state index in [1.54, 1.807) is 0 Å². The van der Waals surface area contributed by atoms with Gasteiger partial charge in [-0.15, -0.1) is 0 Å². The molecule has 0 saturated carbocycles. The summed E-state index contributed by atoms with van der Waals surface area (Å²) in [4.78, 5) is 0. The first-order valence-electron chi connectivity index (χ1n) is 0.890. The van der Waals surface area contributed by atoms with E-state index in [9.17, 15) is 8.42 Å². The van der Waals surface area contributed by atoms with Crippen LogP contribution in [0.3, 0.4) is 0 Å². The van der Waals surface area contributed by atoms with Crippen LogP contribution in [-0.2, 0) is 13.6 Å². The number of hydrogen-bond donors (Lipinski definition) is 1. The van der Waals surface area contributed by atoms with Crippen LogP contribution >= 0.6 is 10.7 Å². The summed E-state index contributed by atoms with van der Waals surface area (Å²) < 4.78 is 22.0. The SMILES string of the molecule is NOS(=O)(=O)Cl. The Kier molecular flexibility index (Phi) is 1.79. The van der Waals surface area contributed by atoms with Gasteiger partial charge in [0.15, 0.2) is 0 Å². The maximum Gasteiger partial charge on any atom is 0.371 e. The van der Waals surface area contributed by atoms with Gasteiger partial charge in [-0.3, -0.25) is 0 Å². The van der Waals surface area contributed by atoms with Crippen molar-refractivity contribution in [3.05, 3.63) is 0 Å². The Bertz CT molecular complexity index is 113. The Morgan fingerprint density at radius 3 is 1.83 bits per heavy atom. The molecule has 0 bridgehead atoms. The first-order chi connectivity index (χ1) is 2.56. The topological polar surface area (TPSA) is 69.4 Å². The molecule has 0 heterocycles. The molecule has 0 saturated heterocycles. The van der Waals surface area contributed by atoms with Gasteiger partial charge in [-0.1, -0.05) is 0 Å². The minimum absolute atomic E-state index is 3.18. The zero-order valence-electron chi connectivity index (χ0n) is 2.59. The predicted molar refractivity (Wildman–Crippen MR) is 20.0 cm³/mol. The van der Waals surface area contributed by atoms with Crippen LogP contribution in [0.25, 0.3) is 0 Å². The molecule has 4 nitrogen and oxygen atoms in total. The Labute approximate surface area is 39.4 Å². The van der Waals surface area contributed by atoms with Crippen LogP contribution in [0.15, 0.2) is 0 Å². The molecular weight excluding hydrogens is 130 g/mol. The van der Waals surface area contributed by atoms with Gasteiger partial charge in [0.05, 0.1) is 10.7 Å². The molecule has 0 amide bonds. The van der Waals surface area contributed by atoms with Gasteiger partial charge in [-0.05, 0) is 0 Å². The van der Waals surface area contributed by atoms with Crippen LogP contribution in [0.2, 0.25) is 0 Å². The molecule has 2 N–H and O–H groups in total. The molecule has 0 radical (unpaired) electrons. The van der Waals surface area contributed by atoms with Crippen LogP contribution in [0, 0.1) is 0 Å². The predicted octanol–water partition coefficient (Wildman–Crippen LogP) is -0.640. The van der Waals surface area contributed by atoms with Gasteiger partial charge in [0.25, 0.3) is 0 Å². The molecular formula is H2ClNO3S. The van der Waals surface area contributed by atoms with Crippen LogP contribution < -0.4 is 5.90 Å². The van der Waals surface area contributed by atoms with Crippen molar-refractivity contribution in [3.8, 4) is 0 Å². The first-order valence-corrected chi connectivity index (χ1v) is 3.12. The van der Waals surface area contributed by atoms with E-state index >= 15 is 0 Å². The summed E-state index contributed by atoms with van der Waals surface area (Å²) in [7, 11) is 0.431. The standard InChI is InChI=1S/ClH2NO3S/c1-6(3,4)5-2/h2H2. The van der Waals surface area contributed by atoms with Gasteiger partial charge in [-0.2, -0.15) is 18.6 Å². The maximum atomic E-state index is 9.42. The molecule has 0 aliphatic rings. The molecule has 6 heteroatoms. The van der Waals surface area contributed by atoms with Crippen molar-refractivity contribution in [1.82, 2.24) is 0 Å². The highest BCUT2D eigenvalue weighted by Gasteiger charge is 1.96. The molecule has 0 atom stereocenters. The van der Waals surface area contributed by atoms with Crippen LogP contribution in [0.5, 0.6) is 0 Å². The molecule has 0 aromatic carbocycles. The number of halogens is 1. The average molecular weight is 132 g/mol. The van der Waals surface area contributed by atoms with Crippen molar-refractivity contribution < 1.29 is 12.7 Å². The van der Waals surface area contributed by atoms with Gasteiger partial charge in [-0.25, -0.2) is 0 Å². The highest BCUT2D eigenvalue weighted by molar-refractivity contribution is 8.09. The molecule has 38 valence electrons. The average Bonchev–Trinajstić information content (AvgIpc) is 1.35. The van der Waals surface area contributed by atoms with Crippen LogP contribution in [-0.4, -0.2) is 8.42 Å². The molecule has 6 heavy (non-hydrogen) atoms. The van der Waals surface area contributed by atoms with E-state index in [-0.39, 0.29) is 0 Å². The molecule has 0 spiro atoms. The summed E-state index contributed by atoms with van der Waals surface area (Å²) in [6.07, 6.45) is 0. The van der Waals surface area contributed by atoms with Crippen molar-refractivity contribution in [2.24, 2.45) is 5.90 Å². The quantitative estimate of drug-likeness (QED) is 0.380. The van der Waals surface area contributed by atoms with Gasteiger partial charge in [0, 0.05) is 0 Å². The summed E-state index contributed by atoms with van der Waals surface area (Å²) in [5.74, 6) is 4.09. The Morgan fingerprint density at radius 1 is 1.67 bits per heavy atom. The van der Waals surface area contributed by atoms with Crippen molar-refractivity contribution in [3.63, 3.8) is 0 Å². The maximum absolute atomic E-state index is 9.42. The molecule has 0 aromatic heterocycles. The Balaban J connectivity index is 3.85. The van der Waals surface area contributed by atoms with Crippen LogP contribution in [0.4, 0.5) is 0 Å². The van der Waals surface area contributed by atoms with Gasteiger partial charge < -0.3 is 0 Å². The van der Waals surface area contributed by atoms with E-state index in [0.29, 0.717) is 0 Å². The largest absolute Gasteiger partial charge is 0.371 e. The highest BCUT2D eigenvalue weighted by Crippen LogP contribution is 1.90. The third-order valence-corrected chi connectivity index (χ3v) is 0.563. The lowest BCUT2D eigenvalue weighted by Crippen LogP contribution is -2.02. The lowest BCUT2D eigenvalue weighted by molar-refractivity contribution is 0.344. The third-order valence-electron chi connectivity index (χ3n) is 0.115. The van der Waals surface area contributed by atoms with Crippen molar-refractivity contribution in [1.29, 1.82) is 0 Å². The number of nitrogens with two attached hydrogens (primary N) is 1. The zero-order chi connectivity index (χ0) is 5.21. The zero-order valence-corrected chi connectivity index (χ0v) is 4.16. The minimum atomic E-state index is -3.91. The third kappa shape index (κ3) is 4.16. The van der Waals surface area contributed by atoms with E-state index in [0.717, 1.165) is 0 Å². The molecule has 0 fully saturated rings. The normalized spacial score (nSPS) is 11.7. The lowest BCUT2D eigenvalue weighted by Gasteiger charge is -1.79. The number of rotatable bonds is 1. The van der Waals surface area contributed by atoms with E-state index < -0.39 is 9.33 Å². The highest BCUT2D eigenvalue weighted by atomic mass is 35.7. The van der Waals surface area contributed by atoms with Gasteiger partial charge in [0.1, 0.15) is 0 Å². The smallest absolute Gasteiger partial charge is 0.197 e. The Hall–Kier alpha value is 0.160. The fourth-order valence-electron chi connectivity index (χ4n) is 0. The molecule has 0 aromatic rings. The monoisotopic (exact) mass is 131 g/mol. The van der Waals surface area contributed by atoms with Crippen molar-refractivity contribution >= 4 is 20.0 Å². The summed E-state index contributed by atoms with van der Waals surface area (Å²) in [5.41, 5.74) is 0. The van der Waals surface area contributed by atoms with Crippen molar-refractivity contribution in [2.45, 2.75) is 0 Å². The lowest BCUT2D eigenvalue weighted by atomic mass is 13.6. The van der Waals surface area contributed by atoms with Crippen LogP contribution in [0.1, 0.15) is 0 Å². The summed E-state index contributed by atoms with van der Waals surface area (Å²) in [6.45, 7) is 0. The Morgan fingerprint density at radius 2 is 1.83 bits per heavy atom. The second kappa shape index (κ2) is 1.74. The second-order valence-electron chi connectivity index (χ2n) is 0.489. The molecule has 0 unspecified atom stereocenters. The fraction of sp³-hybridized carbons (Fsp3) is 0. The van der Waals surface area contributed by atoms with E-state index in [4.69, 9.17) is 0 Å². The van der Waals surface area contributed by atoms with E-state index in [1.165, 1.54) is 0 Å². The first kappa shape index (κ1) is 6.16. The number of hydrogen-bond acceptors (Lipinski definition) is 4. The summed E-state index contributed by atoms with van der Waals surface area (Å²) in [6, 6.07) is 0. The van der Waals surface area contributed by atoms with Gasteiger partial charge >= 0.3 is 9.33 Å². The molecule has 0 aliphatic heterocycles. The second-order valence-corrected chi connectivity index (χ2v) is 2.60. The fourth-order valence-corrected chi connectivity index (χ4v) is 0. The van der Waals surface area contributed by atoms with Crippen molar-refractivity contribution in [2.75, 3.05) is 0 Å². The van der Waals surface area contributed by atoms with E-state index in [1.807, 2.05) is 0 Å². The summed E-state index contributed by atoms with van der Waals surface area (Å²) in [5, 5.41) is 0. The van der Waals surface area contributed by atoms with E-state index in [2.05, 4.69) is 20.9 Å². The molecule has 0 aliphatic carbocycles. The van der Waals surface area contributed by atoms with Gasteiger partial charge in [0.2, 0.25) is 0 Å². The minimum Gasteiger partial charge on any atom is -0.197 e.